The van der Waals surface area contributed by atoms with Gasteiger partial charge in [0, 0.05) is 6.04 Å². The summed E-state index contributed by atoms with van der Waals surface area (Å²) in [5.74, 6) is -1.96. The van der Waals surface area contributed by atoms with E-state index < -0.39 is 53.3 Å². The van der Waals surface area contributed by atoms with Crippen molar-refractivity contribution in [1.82, 2.24) is 10.6 Å². The van der Waals surface area contributed by atoms with Gasteiger partial charge in [-0.05, 0) is 83.6 Å². The number of nitrogens with one attached hydrogen (secondary N) is 3. The van der Waals surface area contributed by atoms with Gasteiger partial charge in [-0.2, -0.15) is 0 Å². The Bertz CT molecular complexity index is 1300. The molecule has 0 bridgehead atoms. The number of ether oxygens (including phenoxy) is 3. The van der Waals surface area contributed by atoms with Crippen molar-refractivity contribution < 1.29 is 38.5 Å². The molecule has 0 heterocycles. The summed E-state index contributed by atoms with van der Waals surface area (Å²) < 4.78 is 16.2. The Morgan fingerprint density at radius 1 is 0.800 bits per heavy atom. The lowest BCUT2D eigenvalue weighted by Crippen LogP contribution is -2.47. The van der Waals surface area contributed by atoms with Crippen LogP contribution in [0.4, 0.5) is 15.3 Å². The maximum Gasteiger partial charge on any atom is 0.408 e. The van der Waals surface area contributed by atoms with Crippen molar-refractivity contribution >= 4 is 29.8 Å². The highest BCUT2D eigenvalue weighted by Gasteiger charge is 2.28. The van der Waals surface area contributed by atoms with E-state index in [1.54, 1.807) is 74.4 Å². The fourth-order valence-corrected chi connectivity index (χ4v) is 4.32. The summed E-state index contributed by atoms with van der Waals surface area (Å²) in [6.07, 6.45) is -0.879. The number of amides is 3. The molecule has 4 N–H and O–H groups in total. The summed E-state index contributed by atoms with van der Waals surface area (Å²) in [5, 5.41) is 18.7. The van der Waals surface area contributed by atoms with Crippen LogP contribution < -0.4 is 16.0 Å². The van der Waals surface area contributed by atoms with Gasteiger partial charge >= 0.3 is 18.2 Å². The van der Waals surface area contributed by atoms with E-state index in [9.17, 15) is 24.3 Å². The van der Waals surface area contributed by atoms with Crippen LogP contribution in [-0.2, 0) is 36.8 Å². The van der Waals surface area contributed by atoms with Gasteiger partial charge in [-0.1, -0.05) is 57.2 Å². The van der Waals surface area contributed by atoms with Crippen molar-refractivity contribution in [1.29, 1.82) is 0 Å². The van der Waals surface area contributed by atoms with Crippen LogP contribution >= 0.6 is 0 Å². The van der Waals surface area contributed by atoms with Crippen LogP contribution in [0, 0.1) is 11.8 Å². The van der Waals surface area contributed by atoms with Crippen molar-refractivity contribution in [3.63, 3.8) is 0 Å². The number of benzene rings is 2. The molecule has 11 heteroatoms. The molecule has 248 valence electrons. The predicted molar refractivity (Wildman–Crippen MR) is 172 cm³/mol. The van der Waals surface area contributed by atoms with Crippen molar-refractivity contribution in [3.05, 3.63) is 59.7 Å². The van der Waals surface area contributed by atoms with Crippen LogP contribution in [0.1, 0.15) is 79.9 Å². The lowest BCUT2D eigenvalue weighted by Gasteiger charge is -2.27. The van der Waals surface area contributed by atoms with Crippen LogP contribution in [0.5, 0.6) is 5.75 Å². The highest BCUT2D eigenvalue weighted by atomic mass is 16.6. The quantitative estimate of drug-likeness (QED) is 0.125. The molecule has 0 aliphatic heterocycles. The van der Waals surface area contributed by atoms with Crippen molar-refractivity contribution in [2.24, 2.45) is 11.8 Å². The number of carbonyl (C=O) groups is 4. The summed E-state index contributed by atoms with van der Waals surface area (Å²) >= 11 is 0. The SMILES string of the molecule is CC(C)C(NC(=O)OCc1ccccc1)C(=O)Nc1cc(C[C@@H](C[C@H](C)C(=O)OC(C)(C)C)NC(=O)OC(C)(C)C)ccc1O. The van der Waals surface area contributed by atoms with E-state index in [2.05, 4.69) is 16.0 Å². The normalized spacial score (nSPS) is 13.6. The van der Waals surface area contributed by atoms with Crippen LogP contribution in [-0.4, -0.2) is 52.5 Å². The molecule has 0 aliphatic carbocycles. The van der Waals surface area contributed by atoms with Gasteiger partial charge < -0.3 is 35.3 Å². The molecule has 3 amide bonds. The lowest BCUT2D eigenvalue weighted by atomic mass is 9.95. The maximum atomic E-state index is 13.2. The summed E-state index contributed by atoms with van der Waals surface area (Å²) in [6.45, 7) is 15.9. The molecule has 0 aromatic heterocycles. The molecule has 0 radical (unpaired) electrons. The smallest absolute Gasteiger partial charge is 0.408 e. The molecule has 0 spiro atoms. The number of aromatic hydroxyl groups is 1. The zero-order valence-electron chi connectivity index (χ0n) is 27.9. The minimum Gasteiger partial charge on any atom is -0.506 e. The Morgan fingerprint density at radius 3 is 2.00 bits per heavy atom. The summed E-state index contributed by atoms with van der Waals surface area (Å²) in [6, 6.07) is 12.3. The Hall–Kier alpha value is -4.28. The average Bonchev–Trinajstić information content (AvgIpc) is 2.90. The number of alkyl carbamates (subject to hydrolysis) is 2. The number of rotatable bonds is 12. The number of hydrogen-bond donors (Lipinski definition) is 4. The molecular weight excluding hydrogens is 578 g/mol. The first kappa shape index (κ1) is 36.9. The molecule has 0 fully saturated rings. The zero-order chi connectivity index (χ0) is 33.9. The third-order valence-corrected chi connectivity index (χ3v) is 6.40. The van der Waals surface area contributed by atoms with E-state index in [0.29, 0.717) is 5.56 Å². The monoisotopic (exact) mass is 627 g/mol. The molecule has 2 rings (SSSR count). The fourth-order valence-electron chi connectivity index (χ4n) is 4.32. The molecule has 2 aromatic carbocycles. The van der Waals surface area contributed by atoms with Crippen molar-refractivity contribution in [2.75, 3.05) is 5.32 Å². The number of hydrogen-bond acceptors (Lipinski definition) is 8. The predicted octanol–water partition coefficient (Wildman–Crippen LogP) is 6.09. The van der Waals surface area contributed by atoms with E-state index in [1.165, 1.54) is 6.07 Å². The number of carbonyl (C=O) groups excluding carboxylic acids is 4. The highest BCUT2D eigenvalue weighted by Crippen LogP contribution is 2.27. The second kappa shape index (κ2) is 16.2. The lowest BCUT2D eigenvalue weighted by molar-refractivity contribution is -0.159. The maximum absolute atomic E-state index is 13.2. The Labute approximate surface area is 266 Å². The third kappa shape index (κ3) is 13.9. The van der Waals surface area contributed by atoms with Crippen LogP contribution in [0.3, 0.4) is 0 Å². The molecule has 0 aliphatic rings. The number of phenols is 1. The minimum atomic E-state index is -0.951. The highest BCUT2D eigenvalue weighted by molar-refractivity contribution is 5.97. The van der Waals surface area contributed by atoms with Crippen LogP contribution in [0.15, 0.2) is 48.5 Å². The Morgan fingerprint density at radius 2 is 1.42 bits per heavy atom. The van der Waals surface area contributed by atoms with Gasteiger partial charge in [-0.25, -0.2) is 9.59 Å². The summed E-state index contributed by atoms with van der Waals surface area (Å²) in [4.78, 5) is 51.1. The van der Waals surface area contributed by atoms with Gasteiger partial charge in [0.05, 0.1) is 11.6 Å². The molecule has 0 saturated heterocycles. The molecule has 11 nitrogen and oxygen atoms in total. The van der Waals surface area contributed by atoms with Crippen molar-refractivity contribution in [2.45, 2.75) is 105 Å². The van der Waals surface area contributed by atoms with Crippen molar-refractivity contribution in [3.8, 4) is 5.75 Å². The average molecular weight is 628 g/mol. The molecule has 1 unspecified atom stereocenters. The van der Waals surface area contributed by atoms with Gasteiger partial charge in [-0.15, -0.1) is 0 Å². The number of anilines is 1. The number of esters is 1. The fraction of sp³-hybridized carbons (Fsp3) is 0.529. The zero-order valence-corrected chi connectivity index (χ0v) is 27.9. The van der Waals surface area contributed by atoms with E-state index in [0.717, 1.165) is 5.56 Å². The third-order valence-electron chi connectivity index (χ3n) is 6.40. The van der Waals surface area contributed by atoms with Crippen LogP contribution in [0.25, 0.3) is 0 Å². The largest absolute Gasteiger partial charge is 0.506 e. The van der Waals surface area contributed by atoms with Gasteiger partial charge in [0.15, 0.2) is 0 Å². The first-order chi connectivity index (χ1) is 20.8. The standard InChI is InChI=1S/C34H49N3O8/c1-21(2)28(37-31(41)43-20-23-13-11-10-12-14-23)29(39)36-26-19-24(15-16-27(26)38)18-25(35-32(42)45-34(7,8)9)17-22(3)30(40)44-33(4,5)6/h10-16,19,21-22,25,28,38H,17-18,20H2,1-9H3,(H,35,42)(H,36,39)(H,37,41)/t22-,25+,28?/m0/s1. The second-order valence-corrected chi connectivity index (χ2v) is 13.5. The topological polar surface area (TPSA) is 152 Å². The van der Waals surface area contributed by atoms with E-state index in [4.69, 9.17) is 14.2 Å². The van der Waals surface area contributed by atoms with Crippen LogP contribution in [0.2, 0.25) is 0 Å². The summed E-state index contributed by atoms with van der Waals surface area (Å²) in [5.41, 5.74) is 0.205. The molecule has 2 aromatic rings. The van der Waals surface area contributed by atoms with Gasteiger partial charge in [0.1, 0.15) is 29.6 Å². The Kier molecular flexibility index (Phi) is 13.2. The molecular formula is C34H49N3O8. The molecule has 45 heavy (non-hydrogen) atoms. The Balaban J connectivity index is 2.18. The van der Waals surface area contributed by atoms with E-state index in [1.807, 2.05) is 30.3 Å². The number of phenolic OH excluding ortho intramolecular Hbond substituents is 1. The van der Waals surface area contributed by atoms with Gasteiger partial charge in [0.2, 0.25) is 5.91 Å². The van der Waals surface area contributed by atoms with E-state index in [-0.39, 0.29) is 36.8 Å². The molecule has 0 saturated carbocycles. The minimum absolute atomic E-state index is 0.0486. The second-order valence-electron chi connectivity index (χ2n) is 13.5. The van der Waals surface area contributed by atoms with Gasteiger partial charge in [-0.3, -0.25) is 9.59 Å². The first-order valence-electron chi connectivity index (χ1n) is 15.2. The first-order valence-corrected chi connectivity index (χ1v) is 15.2. The summed E-state index contributed by atoms with van der Waals surface area (Å²) in [7, 11) is 0. The van der Waals surface area contributed by atoms with E-state index >= 15 is 0 Å². The molecule has 3 atom stereocenters. The van der Waals surface area contributed by atoms with Gasteiger partial charge in [0.25, 0.3) is 0 Å².